The van der Waals surface area contributed by atoms with E-state index < -0.39 is 0 Å². The predicted octanol–water partition coefficient (Wildman–Crippen LogP) is 2.49. The first-order chi connectivity index (χ1) is 11.3. The maximum absolute atomic E-state index is 12.2. The van der Waals surface area contributed by atoms with E-state index in [0.717, 1.165) is 5.56 Å². The molecule has 0 unspecified atom stereocenters. The zero-order valence-electron chi connectivity index (χ0n) is 14.3. The predicted molar refractivity (Wildman–Crippen MR) is 89.4 cm³/mol. The SMILES string of the molecule is CC(C)(C)[C@H]1CC(=O)N(CCOc2ccc(CC#N)cc2)C(=O)N1. The maximum atomic E-state index is 12.2. The highest BCUT2D eigenvalue weighted by atomic mass is 16.5. The molecule has 1 aliphatic rings. The Labute approximate surface area is 142 Å². The van der Waals surface area contributed by atoms with Crippen LogP contribution in [0.4, 0.5) is 4.79 Å². The van der Waals surface area contributed by atoms with Crippen LogP contribution in [0.2, 0.25) is 0 Å². The van der Waals surface area contributed by atoms with Gasteiger partial charge in [-0.25, -0.2) is 4.79 Å². The van der Waals surface area contributed by atoms with Gasteiger partial charge in [0.2, 0.25) is 5.91 Å². The van der Waals surface area contributed by atoms with Gasteiger partial charge in [-0.15, -0.1) is 0 Å². The number of hydrogen-bond donors (Lipinski definition) is 1. The fraction of sp³-hybridized carbons (Fsp3) is 0.500. The molecular formula is C18H23N3O3. The van der Waals surface area contributed by atoms with Crippen molar-refractivity contribution in [3.63, 3.8) is 0 Å². The van der Waals surface area contributed by atoms with Crippen LogP contribution >= 0.6 is 0 Å². The summed E-state index contributed by atoms with van der Waals surface area (Å²) >= 11 is 0. The van der Waals surface area contributed by atoms with Gasteiger partial charge in [-0.1, -0.05) is 32.9 Å². The number of benzene rings is 1. The highest BCUT2D eigenvalue weighted by Crippen LogP contribution is 2.25. The Morgan fingerprint density at radius 3 is 2.50 bits per heavy atom. The monoisotopic (exact) mass is 329 g/mol. The number of hydrogen-bond acceptors (Lipinski definition) is 4. The summed E-state index contributed by atoms with van der Waals surface area (Å²) in [5, 5.41) is 11.5. The molecule has 1 aromatic rings. The van der Waals surface area contributed by atoms with E-state index in [4.69, 9.17) is 10.00 Å². The van der Waals surface area contributed by atoms with Crippen LogP contribution in [0.5, 0.6) is 5.75 Å². The summed E-state index contributed by atoms with van der Waals surface area (Å²) in [6, 6.07) is 8.78. The van der Waals surface area contributed by atoms with Crippen molar-refractivity contribution in [2.24, 2.45) is 5.41 Å². The average molecular weight is 329 g/mol. The van der Waals surface area contributed by atoms with Gasteiger partial charge in [0, 0.05) is 12.5 Å². The number of carbonyl (C=O) groups is 2. The van der Waals surface area contributed by atoms with Gasteiger partial charge in [0.1, 0.15) is 12.4 Å². The summed E-state index contributed by atoms with van der Waals surface area (Å²) in [4.78, 5) is 25.5. The lowest BCUT2D eigenvalue weighted by Crippen LogP contribution is -2.59. The van der Waals surface area contributed by atoms with Crippen LogP contribution in [0.3, 0.4) is 0 Å². The van der Waals surface area contributed by atoms with Crippen molar-refractivity contribution in [2.75, 3.05) is 13.2 Å². The van der Waals surface area contributed by atoms with Crippen LogP contribution in [-0.2, 0) is 11.2 Å². The number of carbonyl (C=O) groups excluding carboxylic acids is 2. The molecule has 0 bridgehead atoms. The van der Waals surface area contributed by atoms with Crippen molar-refractivity contribution >= 4 is 11.9 Å². The lowest BCUT2D eigenvalue weighted by atomic mass is 9.83. The summed E-state index contributed by atoms with van der Waals surface area (Å²) in [6.45, 7) is 6.44. The minimum absolute atomic E-state index is 0.151. The third-order valence-corrected chi connectivity index (χ3v) is 4.06. The molecule has 2 rings (SSSR count). The molecule has 1 fully saturated rings. The van der Waals surface area contributed by atoms with Crippen LogP contribution in [0.15, 0.2) is 24.3 Å². The molecule has 6 nitrogen and oxygen atoms in total. The summed E-state index contributed by atoms with van der Waals surface area (Å²) < 4.78 is 5.58. The molecule has 24 heavy (non-hydrogen) atoms. The van der Waals surface area contributed by atoms with E-state index >= 15 is 0 Å². The molecule has 128 valence electrons. The summed E-state index contributed by atoms with van der Waals surface area (Å²) in [5.41, 5.74) is 0.766. The van der Waals surface area contributed by atoms with E-state index in [1.807, 2.05) is 32.9 Å². The van der Waals surface area contributed by atoms with Gasteiger partial charge < -0.3 is 10.1 Å². The highest BCUT2D eigenvalue weighted by molar-refractivity contribution is 5.97. The topological polar surface area (TPSA) is 82.4 Å². The van der Waals surface area contributed by atoms with E-state index in [9.17, 15) is 9.59 Å². The second kappa shape index (κ2) is 7.35. The highest BCUT2D eigenvalue weighted by Gasteiger charge is 2.37. The number of rotatable bonds is 5. The molecule has 0 aromatic heterocycles. The Balaban J connectivity index is 1.85. The van der Waals surface area contributed by atoms with Gasteiger partial charge in [0.25, 0.3) is 0 Å². The first-order valence-electron chi connectivity index (χ1n) is 8.01. The molecule has 1 heterocycles. The number of imide groups is 1. The third kappa shape index (κ3) is 4.48. The zero-order chi connectivity index (χ0) is 17.7. The van der Waals surface area contributed by atoms with Gasteiger partial charge in [-0.3, -0.25) is 9.69 Å². The second-order valence-corrected chi connectivity index (χ2v) is 6.94. The normalized spacial score (nSPS) is 18.1. The van der Waals surface area contributed by atoms with Gasteiger partial charge >= 0.3 is 6.03 Å². The Morgan fingerprint density at radius 2 is 1.96 bits per heavy atom. The van der Waals surface area contributed by atoms with Gasteiger partial charge in [-0.05, 0) is 23.1 Å². The van der Waals surface area contributed by atoms with Crippen molar-refractivity contribution in [1.29, 1.82) is 5.26 Å². The summed E-state index contributed by atoms with van der Waals surface area (Å²) in [7, 11) is 0. The quantitative estimate of drug-likeness (QED) is 0.899. The van der Waals surface area contributed by atoms with E-state index in [-0.39, 0.29) is 36.5 Å². The van der Waals surface area contributed by atoms with Crippen LogP contribution < -0.4 is 10.1 Å². The largest absolute Gasteiger partial charge is 0.492 e. The van der Waals surface area contributed by atoms with E-state index in [0.29, 0.717) is 18.6 Å². The van der Waals surface area contributed by atoms with Crippen molar-refractivity contribution < 1.29 is 14.3 Å². The summed E-state index contributed by atoms with van der Waals surface area (Å²) in [6.07, 6.45) is 0.662. The molecule has 0 saturated carbocycles. The maximum Gasteiger partial charge on any atom is 0.324 e. The Bertz CT molecular complexity index is 623. The van der Waals surface area contributed by atoms with Crippen LogP contribution in [-0.4, -0.2) is 36.0 Å². The lowest BCUT2D eigenvalue weighted by Gasteiger charge is -2.38. The number of nitrogens with one attached hydrogen (secondary N) is 1. The Morgan fingerprint density at radius 1 is 1.29 bits per heavy atom. The van der Waals surface area contributed by atoms with Crippen molar-refractivity contribution in [2.45, 2.75) is 39.7 Å². The molecule has 3 amide bonds. The number of ether oxygens (including phenoxy) is 1. The van der Waals surface area contributed by atoms with Crippen molar-refractivity contribution in [1.82, 2.24) is 10.2 Å². The molecule has 6 heteroatoms. The standard InChI is InChI=1S/C18H23N3O3/c1-18(2,3)15-12-16(22)21(17(23)20-15)10-11-24-14-6-4-13(5-7-14)8-9-19/h4-7,15H,8,10-12H2,1-3H3,(H,20,23)/t15-/m1/s1. The van der Waals surface area contributed by atoms with Crippen molar-refractivity contribution in [3.05, 3.63) is 29.8 Å². The smallest absolute Gasteiger partial charge is 0.324 e. The molecule has 1 aromatic carbocycles. The van der Waals surface area contributed by atoms with Crippen LogP contribution in [0.1, 0.15) is 32.8 Å². The molecule has 0 radical (unpaired) electrons. The first-order valence-corrected chi connectivity index (χ1v) is 8.01. The lowest BCUT2D eigenvalue weighted by molar-refractivity contribution is -0.131. The molecule has 0 spiro atoms. The van der Waals surface area contributed by atoms with Gasteiger partial charge in [-0.2, -0.15) is 5.26 Å². The fourth-order valence-electron chi connectivity index (χ4n) is 2.47. The third-order valence-electron chi connectivity index (χ3n) is 4.06. The molecular weight excluding hydrogens is 306 g/mol. The molecule has 1 saturated heterocycles. The van der Waals surface area contributed by atoms with Crippen LogP contribution in [0.25, 0.3) is 0 Å². The molecule has 0 aliphatic carbocycles. The molecule has 1 atom stereocenters. The molecule has 1 aliphatic heterocycles. The Kier molecular flexibility index (Phi) is 5.45. The average Bonchev–Trinajstić information content (AvgIpc) is 2.51. The number of nitriles is 1. The zero-order valence-corrected chi connectivity index (χ0v) is 14.3. The summed E-state index contributed by atoms with van der Waals surface area (Å²) in [5.74, 6) is 0.473. The molecule has 1 N–H and O–H groups in total. The minimum atomic E-state index is -0.362. The fourth-order valence-corrected chi connectivity index (χ4v) is 2.47. The number of nitrogens with zero attached hydrogens (tertiary/aromatic N) is 2. The Hall–Kier alpha value is -2.55. The minimum Gasteiger partial charge on any atom is -0.492 e. The second-order valence-electron chi connectivity index (χ2n) is 6.94. The number of urea groups is 1. The van der Waals surface area contributed by atoms with Gasteiger partial charge in [0.15, 0.2) is 0 Å². The van der Waals surface area contributed by atoms with E-state index in [1.165, 1.54) is 4.90 Å². The number of amides is 3. The van der Waals surface area contributed by atoms with Gasteiger partial charge in [0.05, 0.1) is 19.0 Å². The van der Waals surface area contributed by atoms with Crippen molar-refractivity contribution in [3.8, 4) is 11.8 Å². The van der Waals surface area contributed by atoms with Crippen LogP contribution in [0, 0.1) is 16.7 Å². The first kappa shape index (κ1) is 17.8. The van der Waals surface area contributed by atoms with E-state index in [2.05, 4.69) is 11.4 Å². The van der Waals surface area contributed by atoms with E-state index in [1.54, 1.807) is 12.1 Å².